The fraction of sp³-hybridized carbons (Fsp3) is 0.238. The number of primary sulfonamides is 1. The van der Waals surface area contributed by atoms with Crippen molar-refractivity contribution in [1.82, 2.24) is 15.0 Å². The third-order valence-electron chi connectivity index (χ3n) is 5.97. The van der Waals surface area contributed by atoms with Crippen molar-refractivity contribution in [2.45, 2.75) is 21.9 Å². The zero-order chi connectivity index (χ0) is 25.7. The summed E-state index contributed by atoms with van der Waals surface area (Å²) in [4.78, 5) is 7.40. The van der Waals surface area contributed by atoms with Crippen molar-refractivity contribution in [2.24, 2.45) is 26.1 Å². The summed E-state index contributed by atoms with van der Waals surface area (Å²) in [5.41, 5.74) is 13.1. The maximum Gasteiger partial charge on any atom is 0.242 e. The zero-order valence-corrected chi connectivity index (χ0v) is 20.4. The minimum absolute atomic E-state index is 0.0443. The second-order valence-corrected chi connectivity index (χ2v) is 11.6. The van der Waals surface area contributed by atoms with Crippen molar-refractivity contribution >= 4 is 42.6 Å². The summed E-state index contributed by atoms with van der Waals surface area (Å²) >= 11 is 0. The van der Waals surface area contributed by atoms with Crippen molar-refractivity contribution in [3.05, 3.63) is 48.0 Å². The van der Waals surface area contributed by atoms with E-state index in [1.165, 1.54) is 12.1 Å². The first kappa shape index (κ1) is 24.4. The van der Waals surface area contributed by atoms with Gasteiger partial charge in [0.15, 0.2) is 12.5 Å². The number of hydrogen-bond acceptors (Lipinski definition) is 11. The van der Waals surface area contributed by atoms with Gasteiger partial charge in [-0.1, -0.05) is 24.3 Å². The highest BCUT2D eigenvalue weighted by Crippen LogP contribution is 2.37. The molecule has 2 aliphatic heterocycles. The van der Waals surface area contributed by atoms with Crippen molar-refractivity contribution in [3.63, 3.8) is 0 Å². The molecule has 15 heteroatoms. The SMILES string of the molecule is Nc1ccc2cccc(-c3ccc(S(=O)(=O)N[C@@H]4CNC[C@@H]4N)c(S(N)(=O)=O)c3C3=NCN=N3)c2n1. The Hall–Kier alpha value is -3.34. The van der Waals surface area contributed by atoms with Crippen LogP contribution in [0.2, 0.25) is 0 Å². The molecule has 36 heavy (non-hydrogen) atoms. The summed E-state index contributed by atoms with van der Waals surface area (Å²) in [5, 5.41) is 17.1. The average Bonchev–Trinajstić information content (AvgIpc) is 3.49. The highest BCUT2D eigenvalue weighted by Gasteiger charge is 2.35. The number of aliphatic imine (C=N–C) groups is 1. The highest BCUT2D eigenvalue weighted by atomic mass is 32.2. The molecule has 2 atom stereocenters. The van der Waals surface area contributed by atoms with E-state index < -0.39 is 41.9 Å². The van der Waals surface area contributed by atoms with Crippen LogP contribution in [0.1, 0.15) is 5.56 Å². The Bertz CT molecular complexity index is 1650. The third kappa shape index (κ3) is 4.36. The molecule has 1 aromatic heterocycles. The Labute approximate surface area is 207 Å². The Morgan fingerprint density at radius 2 is 1.81 bits per heavy atom. The summed E-state index contributed by atoms with van der Waals surface area (Å²) < 4.78 is 55.3. The fourth-order valence-electron chi connectivity index (χ4n) is 4.33. The quantitative estimate of drug-likeness (QED) is 0.289. The van der Waals surface area contributed by atoms with Crippen LogP contribution in [0.3, 0.4) is 0 Å². The van der Waals surface area contributed by atoms with Gasteiger partial charge in [0.05, 0.1) is 17.1 Å². The minimum atomic E-state index is -4.62. The predicted molar refractivity (Wildman–Crippen MR) is 134 cm³/mol. The molecular formula is C21H23N9O4S2. The second kappa shape index (κ2) is 8.95. The molecule has 8 N–H and O–H groups in total. The fourth-order valence-corrected chi connectivity index (χ4v) is 7.22. The van der Waals surface area contributed by atoms with Crippen LogP contribution in [0.4, 0.5) is 5.82 Å². The number of amidine groups is 1. The highest BCUT2D eigenvalue weighted by molar-refractivity contribution is 7.92. The lowest BCUT2D eigenvalue weighted by Crippen LogP contribution is -2.47. The number of benzene rings is 2. The van der Waals surface area contributed by atoms with E-state index in [1.807, 2.05) is 6.07 Å². The van der Waals surface area contributed by atoms with E-state index in [0.717, 1.165) is 5.39 Å². The summed E-state index contributed by atoms with van der Waals surface area (Å²) in [7, 11) is -9.00. The van der Waals surface area contributed by atoms with E-state index in [2.05, 4.69) is 30.2 Å². The van der Waals surface area contributed by atoms with Crippen LogP contribution in [0, 0.1) is 0 Å². The molecule has 0 unspecified atom stereocenters. The van der Waals surface area contributed by atoms with E-state index in [1.54, 1.807) is 24.3 Å². The largest absolute Gasteiger partial charge is 0.384 e. The van der Waals surface area contributed by atoms with Gasteiger partial charge < -0.3 is 16.8 Å². The molecule has 0 spiro atoms. The first-order valence-electron chi connectivity index (χ1n) is 10.8. The van der Waals surface area contributed by atoms with E-state index in [4.69, 9.17) is 16.6 Å². The van der Waals surface area contributed by atoms with Gasteiger partial charge in [0, 0.05) is 30.1 Å². The van der Waals surface area contributed by atoms with Crippen molar-refractivity contribution in [2.75, 3.05) is 25.5 Å². The zero-order valence-electron chi connectivity index (χ0n) is 18.8. The van der Waals surface area contributed by atoms with Crippen molar-refractivity contribution in [3.8, 4) is 11.1 Å². The van der Waals surface area contributed by atoms with Crippen LogP contribution in [-0.2, 0) is 20.0 Å². The Morgan fingerprint density at radius 3 is 2.47 bits per heavy atom. The van der Waals surface area contributed by atoms with Crippen molar-refractivity contribution in [1.29, 1.82) is 0 Å². The molecule has 188 valence electrons. The van der Waals surface area contributed by atoms with Crippen molar-refractivity contribution < 1.29 is 16.8 Å². The second-order valence-electron chi connectivity index (χ2n) is 8.39. The number of nitrogens with zero attached hydrogens (tertiary/aromatic N) is 4. The lowest BCUT2D eigenvalue weighted by atomic mass is 9.96. The van der Waals surface area contributed by atoms with E-state index in [0.29, 0.717) is 29.7 Å². The normalized spacial score (nSPS) is 20.2. The average molecular weight is 530 g/mol. The van der Waals surface area contributed by atoms with Gasteiger partial charge in [-0.2, -0.15) is 5.11 Å². The van der Waals surface area contributed by atoms with Gasteiger partial charge >= 0.3 is 0 Å². The molecule has 2 aromatic carbocycles. The van der Waals surface area contributed by atoms with Gasteiger partial charge in [-0.3, -0.25) is 0 Å². The summed E-state index contributed by atoms with van der Waals surface area (Å²) in [6.45, 7) is 0.658. The lowest BCUT2D eigenvalue weighted by molar-refractivity contribution is 0.536. The maximum atomic E-state index is 13.4. The first-order valence-corrected chi connectivity index (χ1v) is 13.9. The Balaban J connectivity index is 1.82. The predicted octanol–water partition coefficient (Wildman–Crippen LogP) is -0.121. The third-order valence-corrected chi connectivity index (χ3v) is 8.62. The number of rotatable bonds is 6. The summed E-state index contributed by atoms with van der Waals surface area (Å²) in [6.07, 6.45) is 0. The molecule has 0 bridgehead atoms. The standard InChI is InChI=1S/C21H23N9O4S2/c22-14-8-25-9-15(14)30-36(33,34)16-6-5-12(13-3-1-2-11-4-7-17(23)28-19(11)13)18(20(16)35(24,31)32)21-26-10-27-29-21/h1-7,14-15,25,30H,8-10,22H2,(H2,23,28)(H2,24,31,32)/t14-,15+/m0/s1. The number of hydrogen-bond donors (Lipinski definition) is 5. The number of nitrogen functional groups attached to an aromatic ring is 1. The number of sulfonamides is 2. The van der Waals surface area contributed by atoms with Gasteiger partial charge in [0.25, 0.3) is 0 Å². The number of azo groups is 1. The number of nitrogens with two attached hydrogens (primary N) is 3. The van der Waals surface area contributed by atoms with Gasteiger partial charge in [-0.05, 0) is 23.8 Å². The lowest BCUT2D eigenvalue weighted by Gasteiger charge is -2.20. The van der Waals surface area contributed by atoms with Crippen LogP contribution in [-0.4, -0.2) is 59.5 Å². The van der Waals surface area contributed by atoms with E-state index in [-0.39, 0.29) is 23.9 Å². The number of para-hydroxylation sites is 1. The molecular weight excluding hydrogens is 506 g/mol. The van der Waals surface area contributed by atoms with E-state index in [9.17, 15) is 16.8 Å². The number of aromatic nitrogens is 1. The van der Waals surface area contributed by atoms with Gasteiger partial charge in [0.1, 0.15) is 15.6 Å². The van der Waals surface area contributed by atoms with E-state index >= 15 is 0 Å². The van der Waals surface area contributed by atoms with Crippen LogP contribution in [0.5, 0.6) is 0 Å². The number of fused-ring (bicyclic) bond motifs is 1. The van der Waals surface area contributed by atoms with Crippen LogP contribution >= 0.6 is 0 Å². The molecule has 13 nitrogen and oxygen atoms in total. The summed E-state index contributed by atoms with van der Waals surface area (Å²) in [5.74, 6) is 0.192. The smallest absolute Gasteiger partial charge is 0.242 e. The molecule has 3 heterocycles. The number of anilines is 1. The number of nitrogens with one attached hydrogen (secondary N) is 2. The molecule has 5 rings (SSSR count). The minimum Gasteiger partial charge on any atom is -0.384 e. The number of pyridine rings is 1. The summed E-state index contributed by atoms with van der Waals surface area (Å²) in [6, 6.07) is 10.2. The van der Waals surface area contributed by atoms with Gasteiger partial charge in [-0.25, -0.2) is 36.7 Å². The topological polar surface area (TPSA) is 220 Å². The van der Waals surface area contributed by atoms with Crippen LogP contribution in [0.15, 0.2) is 67.5 Å². The van der Waals surface area contributed by atoms with Crippen LogP contribution < -0.4 is 26.6 Å². The Morgan fingerprint density at radius 1 is 1.00 bits per heavy atom. The molecule has 0 aliphatic carbocycles. The molecule has 0 radical (unpaired) electrons. The maximum absolute atomic E-state index is 13.4. The van der Waals surface area contributed by atoms with Crippen LogP contribution in [0.25, 0.3) is 22.0 Å². The Kier molecular flexibility index (Phi) is 6.06. The van der Waals surface area contributed by atoms with Gasteiger partial charge in [-0.15, -0.1) is 5.11 Å². The molecule has 1 fully saturated rings. The molecule has 0 saturated carbocycles. The molecule has 3 aromatic rings. The molecule has 1 saturated heterocycles. The molecule has 2 aliphatic rings. The first-order chi connectivity index (χ1) is 17.1. The van der Waals surface area contributed by atoms with Gasteiger partial charge in [0.2, 0.25) is 20.0 Å². The monoisotopic (exact) mass is 529 g/mol. The molecule has 0 amide bonds.